The first-order valence-corrected chi connectivity index (χ1v) is 14.8. The molecule has 0 saturated carbocycles. The van der Waals surface area contributed by atoms with Gasteiger partial charge in [0.05, 0.1) is 14.9 Å². The van der Waals surface area contributed by atoms with Crippen LogP contribution in [0.5, 0.6) is 5.88 Å². The number of hydrogen-bond acceptors (Lipinski definition) is 8. The molecule has 10 nitrogen and oxygen atoms in total. The Morgan fingerprint density at radius 3 is 2.61 bits per heavy atom. The summed E-state index contributed by atoms with van der Waals surface area (Å²) in [4.78, 5) is 26.8. The second kappa shape index (κ2) is 10.2. The maximum Gasteiger partial charge on any atom is 0.322 e. The first-order valence-electron chi connectivity index (χ1n) is 11.3. The van der Waals surface area contributed by atoms with E-state index in [9.17, 15) is 23.1 Å². The maximum absolute atomic E-state index is 13.2. The molecule has 2 atom stereocenters. The van der Waals surface area contributed by atoms with E-state index in [1.807, 2.05) is 6.07 Å². The molecule has 2 unspecified atom stereocenters. The number of rotatable bonds is 8. The predicted octanol–water partition coefficient (Wildman–Crippen LogP) is 3.51. The van der Waals surface area contributed by atoms with Crippen molar-refractivity contribution in [1.82, 2.24) is 18.4 Å². The van der Waals surface area contributed by atoms with Crippen LogP contribution in [0.2, 0.25) is 4.34 Å². The van der Waals surface area contributed by atoms with E-state index in [2.05, 4.69) is 5.10 Å². The molecule has 0 amide bonds. The van der Waals surface area contributed by atoms with E-state index in [4.69, 9.17) is 16.3 Å². The van der Waals surface area contributed by atoms with Gasteiger partial charge in [0, 0.05) is 36.5 Å². The van der Waals surface area contributed by atoms with Crippen molar-refractivity contribution < 1.29 is 27.9 Å². The molecular formula is C22H23ClN4O6S3. The Morgan fingerprint density at radius 2 is 1.97 bits per heavy atom. The van der Waals surface area contributed by atoms with Crippen molar-refractivity contribution in [2.45, 2.75) is 37.8 Å². The quantitative estimate of drug-likeness (QED) is 0.440. The molecule has 0 spiro atoms. The molecular weight excluding hydrogens is 548 g/mol. The van der Waals surface area contributed by atoms with Gasteiger partial charge in [0.15, 0.2) is 0 Å². The average molecular weight is 571 g/mol. The Morgan fingerprint density at radius 1 is 1.19 bits per heavy atom. The van der Waals surface area contributed by atoms with Crippen LogP contribution in [-0.2, 0) is 21.6 Å². The van der Waals surface area contributed by atoms with Gasteiger partial charge in [-0.3, -0.25) is 9.59 Å². The fourth-order valence-electron chi connectivity index (χ4n) is 4.58. The van der Waals surface area contributed by atoms with Crippen molar-refractivity contribution in [3.8, 4) is 5.88 Å². The molecule has 0 bridgehead atoms. The van der Waals surface area contributed by atoms with Gasteiger partial charge in [-0.2, -0.15) is 26.8 Å². The van der Waals surface area contributed by atoms with Gasteiger partial charge >= 0.3 is 5.97 Å². The highest BCUT2D eigenvalue weighted by molar-refractivity contribution is 7.86. The molecule has 14 heteroatoms. The average Bonchev–Trinajstić information content (AvgIpc) is 3.67. The number of halogens is 1. The number of carboxylic acids is 1. The lowest BCUT2D eigenvalue weighted by atomic mass is 9.97. The van der Waals surface area contributed by atoms with Crippen LogP contribution in [0.3, 0.4) is 0 Å². The second-order valence-electron chi connectivity index (χ2n) is 8.50. The van der Waals surface area contributed by atoms with Crippen molar-refractivity contribution in [2.24, 2.45) is 0 Å². The number of carboxylic acid groups (broad SMARTS) is 1. The van der Waals surface area contributed by atoms with Gasteiger partial charge in [-0.1, -0.05) is 17.7 Å². The van der Waals surface area contributed by atoms with Crippen LogP contribution in [0.4, 0.5) is 0 Å². The van der Waals surface area contributed by atoms with E-state index in [0.717, 1.165) is 26.7 Å². The summed E-state index contributed by atoms with van der Waals surface area (Å²) in [6.07, 6.45) is 1.76. The van der Waals surface area contributed by atoms with E-state index < -0.39 is 34.0 Å². The topological polar surface area (TPSA) is 122 Å². The van der Waals surface area contributed by atoms with Gasteiger partial charge in [-0.15, -0.1) is 22.7 Å². The Kier molecular flexibility index (Phi) is 7.21. The minimum Gasteiger partial charge on any atom is -0.480 e. The van der Waals surface area contributed by atoms with Gasteiger partial charge in [-0.05, 0) is 42.8 Å². The van der Waals surface area contributed by atoms with Crippen molar-refractivity contribution in [3.05, 3.63) is 55.5 Å². The molecule has 2 fully saturated rings. The van der Waals surface area contributed by atoms with Crippen LogP contribution in [0.15, 0.2) is 35.7 Å². The Labute approximate surface area is 220 Å². The molecule has 0 aliphatic carbocycles. The van der Waals surface area contributed by atoms with Gasteiger partial charge in [0.25, 0.3) is 16.1 Å². The molecule has 3 aromatic rings. The molecule has 0 radical (unpaired) electrons. The lowest BCUT2D eigenvalue weighted by Crippen LogP contribution is -2.48. The number of carbonyl (C=O) groups excluding carboxylic acids is 1. The fraction of sp³-hybridized carbons (Fsp3) is 0.409. The van der Waals surface area contributed by atoms with E-state index in [0.29, 0.717) is 28.0 Å². The third-order valence-electron chi connectivity index (χ3n) is 6.28. The minimum atomic E-state index is -3.93. The molecule has 0 aromatic carbocycles. The Hall–Kier alpha value is -2.29. The van der Waals surface area contributed by atoms with E-state index in [1.54, 1.807) is 23.6 Å². The highest BCUT2D eigenvalue weighted by Crippen LogP contribution is 2.38. The van der Waals surface area contributed by atoms with Crippen LogP contribution in [0.1, 0.15) is 45.4 Å². The Bertz CT molecular complexity index is 1360. The first-order chi connectivity index (χ1) is 17.3. The largest absolute Gasteiger partial charge is 0.480 e. The standard InChI is InChI=1S/C22H23ClN4O6S3/c23-18-6-5-14(35-18)13-33-19-12-16(24-27(19)21(28)17-4-3-11-34-17)15-7-10-26(20(15)22(29)30)36(31,32)25-8-1-2-9-25/h3-6,11-12,15,20H,1-2,7-10,13H2,(H,29,30). The van der Waals surface area contributed by atoms with Crippen molar-refractivity contribution in [1.29, 1.82) is 0 Å². The molecule has 1 N–H and O–H groups in total. The normalized spacial score (nSPS) is 21.2. The zero-order valence-electron chi connectivity index (χ0n) is 18.9. The van der Waals surface area contributed by atoms with Crippen molar-refractivity contribution in [2.75, 3.05) is 19.6 Å². The van der Waals surface area contributed by atoms with Gasteiger partial charge in [0.2, 0.25) is 5.88 Å². The number of hydrogen-bond donors (Lipinski definition) is 1. The second-order valence-corrected chi connectivity index (χ2v) is 13.1. The monoisotopic (exact) mass is 570 g/mol. The molecule has 2 saturated heterocycles. The molecule has 2 aliphatic rings. The van der Waals surface area contributed by atoms with E-state index >= 15 is 0 Å². The molecule has 5 heterocycles. The smallest absolute Gasteiger partial charge is 0.322 e. The zero-order valence-corrected chi connectivity index (χ0v) is 22.2. The third-order valence-corrected chi connectivity index (χ3v) is 10.4. The summed E-state index contributed by atoms with van der Waals surface area (Å²) in [6.45, 7) is 0.952. The van der Waals surface area contributed by atoms with Crippen LogP contribution < -0.4 is 4.74 Å². The van der Waals surface area contributed by atoms with E-state index in [1.165, 1.54) is 33.0 Å². The van der Waals surface area contributed by atoms with Crippen LogP contribution in [0.25, 0.3) is 0 Å². The highest BCUT2D eigenvalue weighted by atomic mass is 35.5. The predicted molar refractivity (Wildman–Crippen MR) is 135 cm³/mol. The summed E-state index contributed by atoms with van der Waals surface area (Å²) in [7, 11) is -3.93. The highest BCUT2D eigenvalue weighted by Gasteiger charge is 2.49. The van der Waals surface area contributed by atoms with E-state index in [-0.39, 0.29) is 25.5 Å². The van der Waals surface area contributed by atoms with Gasteiger partial charge in [-0.25, -0.2) is 0 Å². The SMILES string of the molecule is O=C(O)C1C(c2cc(OCc3ccc(Cl)s3)n(C(=O)c3cccs3)n2)CCN1S(=O)(=O)N1CCCC1. The number of carbonyl (C=O) groups is 2. The van der Waals surface area contributed by atoms with Crippen molar-refractivity contribution >= 4 is 56.4 Å². The Balaban J connectivity index is 1.47. The lowest BCUT2D eigenvalue weighted by Gasteiger charge is -2.27. The number of thiophene rings is 2. The summed E-state index contributed by atoms with van der Waals surface area (Å²) < 4.78 is 36.4. The number of nitrogens with zero attached hydrogens (tertiary/aromatic N) is 4. The van der Waals surface area contributed by atoms with Crippen LogP contribution >= 0.6 is 34.3 Å². The summed E-state index contributed by atoms with van der Waals surface area (Å²) in [6, 6.07) is 7.17. The van der Waals surface area contributed by atoms with Gasteiger partial charge in [0.1, 0.15) is 12.6 Å². The van der Waals surface area contributed by atoms with Crippen LogP contribution in [-0.4, -0.2) is 69.5 Å². The molecule has 36 heavy (non-hydrogen) atoms. The lowest BCUT2D eigenvalue weighted by molar-refractivity contribution is -0.141. The summed E-state index contributed by atoms with van der Waals surface area (Å²) in [5.41, 5.74) is 0.297. The molecule has 3 aromatic heterocycles. The summed E-state index contributed by atoms with van der Waals surface area (Å²) >= 11 is 8.60. The number of aromatic nitrogens is 2. The summed E-state index contributed by atoms with van der Waals surface area (Å²) in [5.74, 6) is -2.26. The minimum absolute atomic E-state index is 0.0517. The molecule has 192 valence electrons. The fourth-order valence-corrected chi connectivity index (χ4v) is 8.11. The number of ether oxygens (including phenoxy) is 1. The molecule has 5 rings (SSSR count). The maximum atomic E-state index is 13.2. The number of aliphatic carboxylic acids is 1. The summed E-state index contributed by atoms with van der Waals surface area (Å²) in [5, 5.41) is 16.3. The molecule has 2 aliphatic heterocycles. The third kappa shape index (κ3) is 4.83. The zero-order chi connectivity index (χ0) is 25.4. The van der Waals surface area contributed by atoms with Crippen molar-refractivity contribution in [3.63, 3.8) is 0 Å². The van der Waals surface area contributed by atoms with Gasteiger partial charge < -0.3 is 9.84 Å². The van der Waals surface area contributed by atoms with Crippen LogP contribution in [0, 0.1) is 0 Å². The first kappa shape index (κ1) is 25.4.